The number of halogens is 1. The Hall–Kier alpha value is -1.66. The van der Waals surface area contributed by atoms with Crippen LogP contribution in [0.2, 0.25) is 0 Å². The summed E-state index contributed by atoms with van der Waals surface area (Å²) in [6, 6.07) is 7.81. The zero-order valence-electron chi connectivity index (χ0n) is 11.5. The predicted molar refractivity (Wildman–Crippen MR) is 81.0 cm³/mol. The van der Waals surface area contributed by atoms with Crippen molar-refractivity contribution >= 4 is 21.8 Å². The Morgan fingerprint density at radius 2 is 2.00 bits per heavy atom. The molecule has 0 saturated heterocycles. The monoisotopic (exact) mass is 336 g/mol. The van der Waals surface area contributed by atoms with Crippen molar-refractivity contribution < 1.29 is 4.79 Å². The summed E-state index contributed by atoms with van der Waals surface area (Å²) in [5, 5.41) is 4.49. The number of hydrogen-bond donors (Lipinski definition) is 2. The molecule has 0 saturated carbocycles. The second kappa shape index (κ2) is 6.19. The molecule has 0 radical (unpaired) electrons. The van der Waals surface area contributed by atoms with Crippen molar-refractivity contribution in [2.75, 3.05) is 0 Å². The molecule has 0 atom stereocenters. The maximum Gasteiger partial charge on any atom is 0.238 e. The number of aromatic nitrogens is 2. The fraction of sp³-hybridized carbons (Fsp3) is 0.286. The number of nitrogens with one attached hydrogen (secondary N) is 1. The number of amides is 1. The van der Waals surface area contributed by atoms with Crippen molar-refractivity contribution in [1.29, 1.82) is 0 Å². The normalized spacial score (nSPS) is 10.6. The third kappa shape index (κ3) is 3.08. The number of rotatable bonds is 4. The van der Waals surface area contributed by atoms with Crippen LogP contribution < -0.4 is 11.3 Å². The fourth-order valence-electron chi connectivity index (χ4n) is 2.10. The summed E-state index contributed by atoms with van der Waals surface area (Å²) >= 11 is 3.52. The second-order valence-electron chi connectivity index (χ2n) is 4.66. The van der Waals surface area contributed by atoms with Crippen LogP contribution >= 0.6 is 15.9 Å². The van der Waals surface area contributed by atoms with Gasteiger partial charge in [-0.2, -0.15) is 5.10 Å². The molecule has 20 heavy (non-hydrogen) atoms. The summed E-state index contributed by atoms with van der Waals surface area (Å²) in [5.74, 6) is 4.94. The molecule has 2 rings (SSSR count). The molecule has 0 aliphatic carbocycles. The zero-order valence-corrected chi connectivity index (χ0v) is 13.1. The first-order valence-electron chi connectivity index (χ1n) is 6.28. The van der Waals surface area contributed by atoms with Crippen molar-refractivity contribution in [3.8, 4) is 0 Å². The van der Waals surface area contributed by atoms with Crippen LogP contribution in [0.25, 0.3) is 0 Å². The molecule has 1 amide bonds. The van der Waals surface area contributed by atoms with Gasteiger partial charge in [0.25, 0.3) is 0 Å². The van der Waals surface area contributed by atoms with E-state index in [1.807, 2.05) is 42.8 Å². The standard InChI is InChI=1S/C14H17BrN4O/c1-9-14(15)10(2)19(18-9)8-12-6-4-3-5-11(12)7-13(20)17-16/h3-6H,7-8,16H2,1-2H3,(H,17,20). The lowest BCUT2D eigenvalue weighted by Gasteiger charge is -2.10. The SMILES string of the molecule is Cc1nn(Cc2ccccc2CC(=O)NN)c(C)c1Br. The molecule has 0 bridgehead atoms. The van der Waals surface area contributed by atoms with Crippen LogP contribution in [0, 0.1) is 13.8 Å². The zero-order chi connectivity index (χ0) is 14.7. The van der Waals surface area contributed by atoms with Crippen molar-refractivity contribution in [1.82, 2.24) is 15.2 Å². The molecule has 0 spiro atoms. The van der Waals surface area contributed by atoms with Gasteiger partial charge in [0.1, 0.15) is 0 Å². The molecule has 5 nitrogen and oxygen atoms in total. The molecule has 1 heterocycles. The summed E-state index contributed by atoms with van der Waals surface area (Å²) in [5.41, 5.74) is 6.21. The van der Waals surface area contributed by atoms with Gasteiger partial charge < -0.3 is 0 Å². The summed E-state index contributed by atoms with van der Waals surface area (Å²) in [6.07, 6.45) is 0.271. The van der Waals surface area contributed by atoms with E-state index in [4.69, 9.17) is 5.84 Å². The first-order chi connectivity index (χ1) is 9.52. The quantitative estimate of drug-likeness (QED) is 0.508. The van der Waals surface area contributed by atoms with Gasteiger partial charge in [-0.05, 0) is 40.9 Å². The van der Waals surface area contributed by atoms with Crippen LogP contribution in [0.3, 0.4) is 0 Å². The van der Waals surface area contributed by atoms with Crippen molar-refractivity contribution in [2.45, 2.75) is 26.8 Å². The van der Waals surface area contributed by atoms with Crippen LogP contribution in [0.5, 0.6) is 0 Å². The van der Waals surface area contributed by atoms with Gasteiger partial charge in [0.15, 0.2) is 0 Å². The number of carbonyl (C=O) groups is 1. The molecule has 0 aliphatic heterocycles. The number of carbonyl (C=O) groups excluding carboxylic acids is 1. The third-order valence-electron chi connectivity index (χ3n) is 3.24. The van der Waals surface area contributed by atoms with E-state index in [2.05, 4.69) is 26.5 Å². The Kier molecular flexibility index (Phi) is 4.57. The highest BCUT2D eigenvalue weighted by atomic mass is 79.9. The van der Waals surface area contributed by atoms with Gasteiger partial charge in [-0.1, -0.05) is 24.3 Å². The van der Waals surface area contributed by atoms with E-state index >= 15 is 0 Å². The van der Waals surface area contributed by atoms with Gasteiger partial charge in [-0.15, -0.1) is 0 Å². The molecule has 0 aliphatic rings. The average molecular weight is 337 g/mol. The molecule has 106 valence electrons. The fourth-order valence-corrected chi connectivity index (χ4v) is 2.38. The Balaban J connectivity index is 2.29. The molecule has 2 aromatic rings. The number of nitrogens with zero attached hydrogens (tertiary/aromatic N) is 2. The van der Waals surface area contributed by atoms with Gasteiger partial charge in [0.2, 0.25) is 5.91 Å². The van der Waals surface area contributed by atoms with Gasteiger partial charge in [-0.25, -0.2) is 5.84 Å². The number of benzene rings is 1. The van der Waals surface area contributed by atoms with Crippen LogP contribution in [0.1, 0.15) is 22.5 Å². The minimum Gasteiger partial charge on any atom is -0.294 e. The number of hydrogen-bond acceptors (Lipinski definition) is 3. The molecular weight excluding hydrogens is 320 g/mol. The highest BCUT2D eigenvalue weighted by Crippen LogP contribution is 2.21. The van der Waals surface area contributed by atoms with Crippen LogP contribution in [0.4, 0.5) is 0 Å². The summed E-state index contributed by atoms with van der Waals surface area (Å²) in [4.78, 5) is 11.4. The number of hydrazine groups is 1. The number of aryl methyl sites for hydroxylation is 1. The van der Waals surface area contributed by atoms with E-state index < -0.39 is 0 Å². The maximum atomic E-state index is 11.4. The van der Waals surface area contributed by atoms with Crippen molar-refractivity contribution in [3.05, 3.63) is 51.3 Å². The Bertz CT molecular complexity index is 636. The highest BCUT2D eigenvalue weighted by Gasteiger charge is 2.12. The summed E-state index contributed by atoms with van der Waals surface area (Å²) in [7, 11) is 0. The molecule has 3 N–H and O–H groups in total. The highest BCUT2D eigenvalue weighted by molar-refractivity contribution is 9.10. The van der Waals surface area contributed by atoms with E-state index in [9.17, 15) is 4.79 Å². The molecule has 1 aromatic carbocycles. The van der Waals surface area contributed by atoms with E-state index in [1.165, 1.54) is 0 Å². The number of nitrogens with two attached hydrogens (primary N) is 1. The molecule has 6 heteroatoms. The van der Waals surface area contributed by atoms with Gasteiger partial charge in [-0.3, -0.25) is 14.9 Å². The first-order valence-corrected chi connectivity index (χ1v) is 7.08. The van der Waals surface area contributed by atoms with Crippen LogP contribution in [-0.4, -0.2) is 15.7 Å². The first kappa shape index (κ1) is 14.7. The Morgan fingerprint density at radius 3 is 2.55 bits per heavy atom. The Labute approximate surface area is 126 Å². The van der Waals surface area contributed by atoms with Crippen LogP contribution in [0.15, 0.2) is 28.7 Å². The molecular formula is C14H17BrN4O. The van der Waals surface area contributed by atoms with E-state index in [1.54, 1.807) is 0 Å². The lowest BCUT2D eigenvalue weighted by molar-refractivity contribution is -0.120. The lowest BCUT2D eigenvalue weighted by atomic mass is 10.0. The Morgan fingerprint density at radius 1 is 1.35 bits per heavy atom. The molecule has 0 unspecified atom stereocenters. The van der Waals surface area contributed by atoms with Gasteiger partial charge >= 0.3 is 0 Å². The van der Waals surface area contributed by atoms with Crippen molar-refractivity contribution in [3.63, 3.8) is 0 Å². The van der Waals surface area contributed by atoms with Crippen molar-refractivity contribution in [2.24, 2.45) is 5.84 Å². The minimum absolute atomic E-state index is 0.202. The topological polar surface area (TPSA) is 72.9 Å². The molecule has 1 aromatic heterocycles. The van der Waals surface area contributed by atoms with Crippen LogP contribution in [-0.2, 0) is 17.8 Å². The molecule has 0 fully saturated rings. The second-order valence-corrected chi connectivity index (χ2v) is 5.45. The van der Waals surface area contributed by atoms with Gasteiger partial charge in [0, 0.05) is 0 Å². The third-order valence-corrected chi connectivity index (χ3v) is 4.39. The predicted octanol–water partition coefficient (Wildman–Crippen LogP) is 1.84. The van der Waals surface area contributed by atoms with E-state index in [0.717, 1.165) is 27.0 Å². The van der Waals surface area contributed by atoms with E-state index in [-0.39, 0.29) is 12.3 Å². The lowest BCUT2D eigenvalue weighted by Crippen LogP contribution is -2.31. The smallest absolute Gasteiger partial charge is 0.238 e. The summed E-state index contributed by atoms with van der Waals surface area (Å²) < 4.78 is 2.95. The average Bonchev–Trinajstić information content (AvgIpc) is 2.68. The maximum absolute atomic E-state index is 11.4. The van der Waals surface area contributed by atoms with Gasteiger partial charge in [0.05, 0.1) is 28.8 Å². The minimum atomic E-state index is -0.202. The largest absolute Gasteiger partial charge is 0.294 e. The summed E-state index contributed by atoms with van der Waals surface area (Å²) in [6.45, 7) is 4.60. The van der Waals surface area contributed by atoms with E-state index in [0.29, 0.717) is 6.54 Å².